The molecule has 1 heterocycles. The van der Waals surface area contributed by atoms with Gasteiger partial charge < -0.3 is 19.7 Å². The van der Waals surface area contributed by atoms with Gasteiger partial charge in [-0.1, -0.05) is 0 Å². The number of carbonyl (C=O) groups is 4. The first kappa shape index (κ1) is 28.4. The minimum atomic E-state index is -0.385. The fraction of sp³-hybridized carbons (Fsp3) is 0.280. The number of carbonyl (C=O) groups excluding carboxylic acids is 4. The third kappa shape index (κ3) is 7.32. The Morgan fingerprint density at radius 1 is 1.03 bits per heavy atom. The van der Waals surface area contributed by atoms with Gasteiger partial charge in [0.1, 0.15) is 5.69 Å². The number of nitrogens with one attached hydrogen (secondary N) is 1. The van der Waals surface area contributed by atoms with Crippen molar-refractivity contribution in [1.29, 1.82) is 0 Å². The summed E-state index contributed by atoms with van der Waals surface area (Å²) in [7, 11) is 2.62. The third-order valence-electron chi connectivity index (χ3n) is 5.23. The predicted octanol–water partition coefficient (Wildman–Crippen LogP) is 2.84. The molecule has 10 nitrogen and oxygen atoms in total. The van der Waals surface area contributed by atoms with Gasteiger partial charge in [0.2, 0.25) is 11.7 Å². The largest absolute Gasteiger partial charge is 0.469 e. The second-order valence-corrected chi connectivity index (χ2v) is 7.62. The summed E-state index contributed by atoms with van der Waals surface area (Å²) in [4.78, 5) is 58.1. The molecule has 3 rings (SSSR count). The van der Waals surface area contributed by atoms with Gasteiger partial charge in [-0.25, -0.2) is 4.99 Å². The van der Waals surface area contributed by atoms with Gasteiger partial charge in [-0.2, -0.15) is 0 Å². The second kappa shape index (κ2) is 13.3. The molecule has 0 fully saturated rings. The molecule has 0 saturated heterocycles. The van der Waals surface area contributed by atoms with Crippen LogP contribution in [0, 0.1) is 0 Å². The van der Waals surface area contributed by atoms with Gasteiger partial charge in [0.15, 0.2) is 0 Å². The molecule has 0 atom stereocenters. The normalized spacial score (nSPS) is 12.9. The number of fused-ring (bicyclic) bond motifs is 1. The van der Waals surface area contributed by atoms with E-state index >= 15 is 0 Å². The Morgan fingerprint density at radius 3 is 2.31 bits per heavy atom. The fourth-order valence-corrected chi connectivity index (χ4v) is 3.49. The van der Waals surface area contributed by atoms with E-state index in [4.69, 9.17) is 9.47 Å². The predicted molar refractivity (Wildman–Crippen MR) is 130 cm³/mol. The fourth-order valence-electron chi connectivity index (χ4n) is 3.49. The van der Waals surface area contributed by atoms with E-state index in [1.54, 1.807) is 42.6 Å². The van der Waals surface area contributed by atoms with Crippen molar-refractivity contribution < 1.29 is 45.1 Å². The standard InChI is InChI=1S/C25H26N4O6.Ni/c1-16(30)27-21-15-17(29(13-10-23(32)34-2)14-11-24(33)35-3)6-7-20(21)28-19-8-9-22(31)25-18(19)5-4-12-26-25;/h4-9,12,15H,10-11,13-14H2,1-3H3,(H,27,30);. The number of rotatable bonds is 9. The molecule has 1 aliphatic rings. The maximum Gasteiger partial charge on any atom is 0.307 e. The van der Waals surface area contributed by atoms with Crippen LogP contribution < -0.4 is 10.2 Å². The van der Waals surface area contributed by atoms with Crippen molar-refractivity contribution in [2.45, 2.75) is 19.8 Å². The van der Waals surface area contributed by atoms with E-state index in [1.165, 1.54) is 27.2 Å². The van der Waals surface area contributed by atoms with E-state index in [9.17, 15) is 19.2 Å². The van der Waals surface area contributed by atoms with Crippen LogP contribution >= 0.6 is 0 Å². The Labute approximate surface area is 218 Å². The van der Waals surface area contributed by atoms with Crippen LogP contribution in [0.15, 0.2) is 53.7 Å². The summed E-state index contributed by atoms with van der Waals surface area (Å²) < 4.78 is 9.46. The molecule has 2 aromatic rings. The number of methoxy groups -OCH3 is 2. The maximum atomic E-state index is 12.1. The van der Waals surface area contributed by atoms with Crippen LogP contribution in [0.4, 0.5) is 17.1 Å². The summed E-state index contributed by atoms with van der Waals surface area (Å²) in [6, 6.07) is 8.70. The molecular weight excluding hydrogens is 511 g/mol. The molecule has 0 radical (unpaired) electrons. The van der Waals surface area contributed by atoms with Crippen molar-refractivity contribution in [3.8, 4) is 0 Å². The van der Waals surface area contributed by atoms with Gasteiger partial charge >= 0.3 is 11.9 Å². The van der Waals surface area contributed by atoms with Gasteiger partial charge in [0, 0.05) is 54.0 Å². The molecule has 11 heteroatoms. The number of nitrogens with zero attached hydrogens (tertiary/aromatic N) is 3. The number of pyridine rings is 1. The van der Waals surface area contributed by atoms with Crippen LogP contribution in [-0.2, 0) is 40.3 Å². The molecule has 1 aromatic heterocycles. The number of esters is 2. The molecule has 0 saturated carbocycles. The topological polar surface area (TPSA) is 127 Å². The van der Waals surface area contributed by atoms with Crippen LogP contribution in [0.2, 0.25) is 0 Å². The smallest absolute Gasteiger partial charge is 0.307 e. The molecule has 0 unspecified atom stereocenters. The summed E-state index contributed by atoms with van der Waals surface area (Å²) in [6.45, 7) is 1.97. The molecule has 1 aliphatic carbocycles. The molecular formula is C25H26N4NiO6. The molecule has 1 N–H and O–H groups in total. The number of benzene rings is 1. The van der Waals surface area contributed by atoms with Crippen LogP contribution in [-0.4, -0.2) is 61.6 Å². The van der Waals surface area contributed by atoms with Gasteiger partial charge in [-0.15, -0.1) is 0 Å². The zero-order valence-corrected chi connectivity index (χ0v) is 21.0. The number of aliphatic imine (C=N–C) groups is 1. The first-order valence-electron chi connectivity index (χ1n) is 10.9. The van der Waals surface area contributed by atoms with E-state index < -0.39 is 0 Å². The Morgan fingerprint density at radius 2 is 1.69 bits per heavy atom. The van der Waals surface area contributed by atoms with Crippen molar-refractivity contribution >= 4 is 46.4 Å². The van der Waals surface area contributed by atoms with Gasteiger partial charge in [-0.3, -0.25) is 24.2 Å². The first-order chi connectivity index (χ1) is 16.8. The monoisotopic (exact) mass is 536 g/mol. The van der Waals surface area contributed by atoms with Crippen molar-refractivity contribution in [3.63, 3.8) is 0 Å². The zero-order valence-electron chi connectivity index (χ0n) is 20.1. The number of amides is 1. The molecule has 0 spiro atoms. The number of aromatic nitrogens is 1. The van der Waals surface area contributed by atoms with Crippen molar-refractivity contribution in [3.05, 3.63) is 59.9 Å². The number of allylic oxidation sites excluding steroid dienone is 2. The third-order valence-corrected chi connectivity index (χ3v) is 5.23. The van der Waals surface area contributed by atoms with E-state index in [-0.39, 0.29) is 53.0 Å². The van der Waals surface area contributed by atoms with Crippen LogP contribution in [0.3, 0.4) is 0 Å². The molecule has 1 amide bonds. The average molecular weight is 537 g/mol. The molecule has 0 bridgehead atoms. The quantitative estimate of drug-likeness (QED) is 0.383. The molecule has 0 aliphatic heterocycles. The number of hydrogen-bond acceptors (Lipinski definition) is 9. The van der Waals surface area contributed by atoms with Gasteiger partial charge in [0.25, 0.3) is 0 Å². The minimum absolute atomic E-state index is 0. The molecule has 36 heavy (non-hydrogen) atoms. The number of ketones is 1. The average Bonchev–Trinajstić information content (AvgIpc) is 2.86. The van der Waals surface area contributed by atoms with Crippen molar-refractivity contribution in [2.24, 2.45) is 4.99 Å². The molecule has 1 aromatic carbocycles. The van der Waals surface area contributed by atoms with Crippen LogP contribution in [0.1, 0.15) is 35.8 Å². The Balaban J connectivity index is 0.00000456. The maximum absolute atomic E-state index is 12.1. The van der Waals surface area contributed by atoms with Crippen molar-refractivity contribution in [1.82, 2.24) is 4.98 Å². The van der Waals surface area contributed by atoms with E-state index in [0.29, 0.717) is 47.1 Å². The zero-order chi connectivity index (χ0) is 25.4. The van der Waals surface area contributed by atoms with Crippen LogP contribution in [0.25, 0.3) is 0 Å². The SMILES string of the molecule is COC(=O)CCN(CCC(=O)OC)c1ccc(N=C2C=CC(=O)c3ncccc32)c(NC(C)=O)c1.[Ni]. The van der Waals surface area contributed by atoms with E-state index in [1.807, 2.05) is 4.90 Å². The number of hydrogen-bond donors (Lipinski definition) is 1. The van der Waals surface area contributed by atoms with Crippen molar-refractivity contribution in [2.75, 3.05) is 37.5 Å². The summed E-state index contributed by atoms with van der Waals surface area (Å²) in [5.74, 6) is -1.27. The van der Waals surface area contributed by atoms with E-state index in [2.05, 4.69) is 15.3 Å². The van der Waals surface area contributed by atoms with Gasteiger partial charge in [-0.05, 0) is 42.5 Å². The van der Waals surface area contributed by atoms with E-state index in [0.717, 1.165) is 0 Å². The summed E-state index contributed by atoms with van der Waals surface area (Å²) in [5, 5.41) is 2.78. The first-order valence-corrected chi connectivity index (χ1v) is 10.9. The Bertz CT molecular complexity index is 1190. The summed E-state index contributed by atoms with van der Waals surface area (Å²) in [6.07, 6.45) is 4.78. The number of anilines is 2. The molecule has 192 valence electrons. The summed E-state index contributed by atoms with van der Waals surface area (Å²) in [5.41, 5.74) is 2.99. The van der Waals surface area contributed by atoms with Crippen LogP contribution in [0.5, 0.6) is 0 Å². The van der Waals surface area contributed by atoms with Gasteiger partial charge in [0.05, 0.1) is 44.1 Å². The Kier molecular flexibility index (Phi) is 10.5. The summed E-state index contributed by atoms with van der Waals surface area (Å²) >= 11 is 0. The number of ether oxygens (including phenoxy) is 2. The Hall–Kier alpha value is -3.85. The minimum Gasteiger partial charge on any atom is -0.469 e. The second-order valence-electron chi connectivity index (χ2n) is 7.62.